The van der Waals surface area contributed by atoms with Crippen LogP contribution in [0.15, 0.2) is 28.2 Å². The molecule has 0 radical (unpaired) electrons. The molecule has 0 N–H and O–H groups in total. The van der Waals surface area contributed by atoms with Crippen LogP contribution < -0.4 is 0 Å². The lowest BCUT2D eigenvalue weighted by Crippen LogP contribution is -2.44. The van der Waals surface area contributed by atoms with Crippen molar-refractivity contribution in [2.24, 2.45) is 5.41 Å². The zero-order valence-electron chi connectivity index (χ0n) is 16.1. The number of carbonyl (C=O) groups excluding carboxylic acids is 2. The van der Waals surface area contributed by atoms with Crippen molar-refractivity contribution >= 4 is 11.8 Å². The molecule has 1 aromatic heterocycles. The van der Waals surface area contributed by atoms with Crippen LogP contribution >= 0.6 is 0 Å². The zero-order valence-corrected chi connectivity index (χ0v) is 16.1. The summed E-state index contributed by atoms with van der Waals surface area (Å²) < 4.78 is 5.64. The molecule has 2 rings (SSSR count). The van der Waals surface area contributed by atoms with Crippen molar-refractivity contribution in [2.45, 2.75) is 53.0 Å². The fourth-order valence-electron chi connectivity index (χ4n) is 3.24. The molecule has 1 unspecified atom stereocenters. The number of nitrogens with zero attached hydrogens (tertiary/aromatic N) is 2. The summed E-state index contributed by atoms with van der Waals surface area (Å²) in [4.78, 5) is 27.6. The molecule has 1 atom stereocenters. The molecule has 1 fully saturated rings. The van der Waals surface area contributed by atoms with Gasteiger partial charge in [0.25, 0.3) is 5.91 Å². The second-order valence-electron chi connectivity index (χ2n) is 7.85. The minimum Gasteiger partial charge on any atom is -0.454 e. The first-order valence-corrected chi connectivity index (χ1v) is 8.92. The van der Waals surface area contributed by atoms with Crippen LogP contribution in [0.1, 0.15) is 62.8 Å². The SMILES string of the molecule is CC(C)=CCCC1(C)CCC(=O)N(Cc2ccc(C(=O)N(C)C)o2)C1. The molecule has 25 heavy (non-hydrogen) atoms. The summed E-state index contributed by atoms with van der Waals surface area (Å²) >= 11 is 0. The van der Waals surface area contributed by atoms with Crippen LogP contribution in [0, 0.1) is 5.41 Å². The lowest BCUT2D eigenvalue weighted by molar-refractivity contribution is -0.138. The summed E-state index contributed by atoms with van der Waals surface area (Å²) in [5.74, 6) is 0.974. The van der Waals surface area contributed by atoms with Gasteiger partial charge in [-0.25, -0.2) is 0 Å². The normalized spacial score (nSPS) is 20.5. The van der Waals surface area contributed by atoms with Crippen molar-refractivity contribution in [3.63, 3.8) is 0 Å². The van der Waals surface area contributed by atoms with Crippen molar-refractivity contribution < 1.29 is 14.0 Å². The van der Waals surface area contributed by atoms with Crippen LogP contribution in [0.4, 0.5) is 0 Å². The minimum absolute atomic E-state index is 0.134. The molecule has 1 saturated heterocycles. The van der Waals surface area contributed by atoms with Gasteiger partial charge in [-0.2, -0.15) is 0 Å². The highest BCUT2D eigenvalue weighted by Crippen LogP contribution is 2.35. The number of amides is 2. The van der Waals surface area contributed by atoms with E-state index in [1.54, 1.807) is 26.2 Å². The Balaban J connectivity index is 2.01. The maximum Gasteiger partial charge on any atom is 0.289 e. The third-order valence-electron chi connectivity index (χ3n) is 4.79. The highest BCUT2D eigenvalue weighted by Gasteiger charge is 2.34. The molecule has 1 aromatic rings. The Bertz CT molecular complexity index is 656. The van der Waals surface area contributed by atoms with Gasteiger partial charge in [-0.05, 0) is 50.7 Å². The molecule has 0 aliphatic carbocycles. The van der Waals surface area contributed by atoms with Gasteiger partial charge in [0.05, 0.1) is 6.54 Å². The van der Waals surface area contributed by atoms with Crippen LogP contribution in [0.3, 0.4) is 0 Å². The Kier molecular flexibility index (Phi) is 6.09. The van der Waals surface area contributed by atoms with Gasteiger partial charge in [0.15, 0.2) is 5.76 Å². The number of allylic oxidation sites excluding steroid dienone is 2. The Morgan fingerprint density at radius 1 is 1.36 bits per heavy atom. The molecular weight excluding hydrogens is 316 g/mol. The number of rotatable bonds is 6. The predicted molar refractivity (Wildman–Crippen MR) is 98.1 cm³/mol. The van der Waals surface area contributed by atoms with E-state index in [0.29, 0.717) is 24.5 Å². The van der Waals surface area contributed by atoms with Crippen molar-refractivity contribution in [3.05, 3.63) is 35.3 Å². The van der Waals surface area contributed by atoms with E-state index < -0.39 is 0 Å². The Morgan fingerprint density at radius 3 is 2.72 bits per heavy atom. The van der Waals surface area contributed by atoms with Gasteiger partial charge in [0.2, 0.25) is 5.91 Å². The maximum absolute atomic E-state index is 12.3. The number of hydrogen-bond acceptors (Lipinski definition) is 3. The number of piperidine rings is 1. The lowest BCUT2D eigenvalue weighted by atomic mass is 9.77. The number of likely N-dealkylation sites (tertiary alicyclic amines) is 1. The molecule has 1 aliphatic rings. The van der Waals surface area contributed by atoms with Crippen LogP contribution in [0.2, 0.25) is 0 Å². The fraction of sp³-hybridized carbons (Fsp3) is 0.600. The highest BCUT2D eigenvalue weighted by molar-refractivity contribution is 5.91. The van der Waals surface area contributed by atoms with Gasteiger partial charge in [-0.3, -0.25) is 9.59 Å². The molecule has 0 saturated carbocycles. The first-order chi connectivity index (χ1) is 11.7. The molecule has 0 bridgehead atoms. The van der Waals surface area contributed by atoms with E-state index in [2.05, 4.69) is 26.8 Å². The molecular formula is C20H30N2O3. The van der Waals surface area contributed by atoms with Crippen LogP contribution in [0.25, 0.3) is 0 Å². The Hall–Kier alpha value is -2.04. The van der Waals surface area contributed by atoms with Crippen molar-refractivity contribution in [1.82, 2.24) is 9.80 Å². The third kappa shape index (κ3) is 5.21. The maximum atomic E-state index is 12.3. The molecule has 0 aromatic carbocycles. The van der Waals surface area contributed by atoms with E-state index in [-0.39, 0.29) is 17.2 Å². The van der Waals surface area contributed by atoms with Crippen LogP contribution in [-0.4, -0.2) is 42.3 Å². The summed E-state index contributed by atoms with van der Waals surface area (Å²) in [6, 6.07) is 3.47. The second-order valence-corrected chi connectivity index (χ2v) is 7.85. The highest BCUT2D eigenvalue weighted by atomic mass is 16.4. The van der Waals surface area contributed by atoms with Crippen LogP contribution in [-0.2, 0) is 11.3 Å². The average molecular weight is 346 g/mol. The molecule has 138 valence electrons. The van der Waals surface area contributed by atoms with Gasteiger partial charge in [-0.15, -0.1) is 0 Å². The Morgan fingerprint density at radius 2 is 2.08 bits per heavy atom. The predicted octanol–water partition coefficient (Wildman–Crippen LogP) is 3.86. The summed E-state index contributed by atoms with van der Waals surface area (Å²) in [6.45, 7) is 7.65. The van der Waals surface area contributed by atoms with Crippen molar-refractivity contribution in [3.8, 4) is 0 Å². The number of carbonyl (C=O) groups is 2. The summed E-state index contributed by atoms with van der Waals surface area (Å²) in [5.41, 5.74) is 1.47. The molecule has 5 nitrogen and oxygen atoms in total. The van der Waals surface area contributed by atoms with Gasteiger partial charge in [0, 0.05) is 27.1 Å². The molecule has 0 spiro atoms. The van der Waals surface area contributed by atoms with Crippen molar-refractivity contribution in [2.75, 3.05) is 20.6 Å². The lowest BCUT2D eigenvalue weighted by Gasteiger charge is -2.40. The standard InChI is InChI=1S/C20H30N2O3/c1-15(2)7-6-11-20(3)12-10-18(23)22(14-20)13-16-8-9-17(25-16)19(24)21(4)5/h7-9H,6,10-14H2,1-5H3. The quantitative estimate of drug-likeness (QED) is 0.735. The largest absolute Gasteiger partial charge is 0.454 e. The molecule has 2 heterocycles. The summed E-state index contributed by atoms with van der Waals surface area (Å²) in [7, 11) is 3.38. The van der Waals surface area contributed by atoms with Gasteiger partial charge in [-0.1, -0.05) is 18.6 Å². The molecule has 1 aliphatic heterocycles. The van der Waals surface area contributed by atoms with Gasteiger partial charge < -0.3 is 14.2 Å². The number of furan rings is 1. The second kappa shape index (κ2) is 7.89. The first-order valence-electron chi connectivity index (χ1n) is 8.92. The summed E-state index contributed by atoms with van der Waals surface area (Å²) in [6.07, 6.45) is 5.89. The topological polar surface area (TPSA) is 53.8 Å². The average Bonchev–Trinajstić information content (AvgIpc) is 2.98. The minimum atomic E-state index is -0.164. The zero-order chi connectivity index (χ0) is 18.6. The molecule has 2 amide bonds. The monoisotopic (exact) mass is 346 g/mol. The van der Waals surface area contributed by atoms with E-state index in [0.717, 1.165) is 25.8 Å². The number of hydrogen-bond donors (Lipinski definition) is 0. The Labute approximate surface area is 150 Å². The van der Waals surface area contributed by atoms with E-state index in [1.165, 1.54) is 10.5 Å². The third-order valence-corrected chi connectivity index (χ3v) is 4.79. The smallest absolute Gasteiger partial charge is 0.289 e. The van der Waals surface area contributed by atoms with Gasteiger partial charge in [0.1, 0.15) is 5.76 Å². The first kappa shape index (κ1) is 19.3. The van der Waals surface area contributed by atoms with Crippen molar-refractivity contribution in [1.29, 1.82) is 0 Å². The van der Waals surface area contributed by atoms with E-state index in [9.17, 15) is 9.59 Å². The fourth-order valence-corrected chi connectivity index (χ4v) is 3.24. The van der Waals surface area contributed by atoms with E-state index in [4.69, 9.17) is 4.42 Å². The van der Waals surface area contributed by atoms with E-state index in [1.807, 2.05) is 4.90 Å². The molecule has 5 heteroatoms. The van der Waals surface area contributed by atoms with Gasteiger partial charge >= 0.3 is 0 Å². The summed E-state index contributed by atoms with van der Waals surface area (Å²) in [5, 5.41) is 0. The van der Waals surface area contributed by atoms with Crippen LogP contribution in [0.5, 0.6) is 0 Å². The van der Waals surface area contributed by atoms with E-state index >= 15 is 0 Å².